The van der Waals surface area contributed by atoms with Crippen molar-refractivity contribution in [3.8, 4) is 22.6 Å². The Bertz CT molecular complexity index is 1070. The van der Waals surface area contributed by atoms with Gasteiger partial charge < -0.3 is 9.52 Å². The van der Waals surface area contributed by atoms with Crippen LogP contribution in [0.2, 0.25) is 0 Å². The second-order valence-corrected chi connectivity index (χ2v) is 7.32. The number of aryl methyl sites for hydroxylation is 1. The zero-order valence-corrected chi connectivity index (χ0v) is 14.7. The predicted octanol–water partition coefficient (Wildman–Crippen LogP) is 2.81. The summed E-state index contributed by atoms with van der Waals surface area (Å²) in [6.45, 7) is 0. The number of carboxylic acid groups (broad SMARTS) is 1. The molecule has 0 bridgehead atoms. The molecule has 27 heavy (non-hydrogen) atoms. The van der Waals surface area contributed by atoms with E-state index >= 15 is 0 Å². The Hall–Kier alpha value is -3.04. The monoisotopic (exact) mass is 390 g/mol. The minimum atomic E-state index is -3.83. The molecule has 0 unspecified atom stereocenters. The summed E-state index contributed by atoms with van der Waals surface area (Å²) in [5, 5.41) is 13.9. The Labute approximate surface area is 154 Å². The highest BCUT2D eigenvalue weighted by molar-refractivity contribution is 7.89. The van der Waals surface area contributed by atoms with E-state index in [1.54, 1.807) is 0 Å². The largest absolute Gasteiger partial charge is 0.481 e. The minimum absolute atomic E-state index is 0.0554. The van der Waals surface area contributed by atoms with E-state index in [0.29, 0.717) is 22.6 Å². The number of halogens is 1. The fraction of sp³-hybridized carbons (Fsp3) is 0.111. The van der Waals surface area contributed by atoms with Gasteiger partial charge in [0.1, 0.15) is 11.5 Å². The van der Waals surface area contributed by atoms with Crippen molar-refractivity contribution in [1.29, 1.82) is 0 Å². The third-order valence-corrected chi connectivity index (χ3v) is 4.72. The third kappa shape index (κ3) is 4.39. The van der Waals surface area contributed by atoms with Gasteiger partial charge in [-0.05, 0) is 48.5 Å². The molecule has 140 valence electrons. The number of benzene rings is 2. The topological polar surface area (TPSA) is 123 Å². The van der Waals surface area contributed by atoms with Crippen molar-refractivity contribution in [2.45, 2.75) is 17.7 Å². The van der Waals surface area contributed by atoms with E-state index in [0.717, 1.165) is 0 Å². The Balaban J connectivity index is 2.06. The van der Waals surface area contributed by atoms with Gasteiger partial charge in [0.15, 0.2) is 11.7 Å². The number of hydrogen-bond acceptors (Lipinski definition) is 5. The number of aliphatic carboxylic acids is 1. The number of carboxylic acids is 1. The molecular formula is C18H15FN2O5S. The van der Waals surface area contributed by atoms with Crippen LogP contribution >= 0.6 is 0 Å². The van der Waals surface area contributed by atoms with Gasteiger partial charge in [0, 0.05) is 17.5 Å². The van der Waals surface area contributed by atoms with Crippen LogP contribution in [0, 0.1) is 5.82 Å². The summed E-state index contributed by atoms with van der Waals surface area (Å²) in [5.74, 6) is -0.867. The molecule has 2 aromatic carbocycles. The molecule has 0 spiro atoms. The second kappa shape index (κ2) is 7.29. The van der Waals surface area contributed by atoms with Crippen molar-refractivity contribution in [2.75, 3.05) is 0 Å². The van der Waals surface area contributed by atoms with Crippen LogP contribution in [0.15, 0.2) is 57.8 Å². The first kappa shape index (κ1) is 18.7. The number of aromatic nitrogens is 1. The van der Waals surface area contributed by atoms with Crippen molar-refractivity contribution < 1.29 is 27.1 Å². The fourth-order valence-corrected chi connectivity index (χ4v) is 3.00. The van der Waals surface area contributed by atoms with Crippen LogP contribution in [0.3, 0.4) is 0 Å². The first-order valence-corrected chi connectivity index (χ1v) is 9.39. The van der Waals surface area contributed by atoms with Gasteiger partial charge in [0.05, 0.1) is 11.3 Å². The third-order valence-electron chi connectivity index (χ3n) is 3.79. The number of oxazole rings is 1. The normalized spacial score (nSPS) is 11.5. The molecule has 3 rings (SSSR count). The molecule has 3 N–H and O–H groups in total. The molecule has 3 aromatic rings. The van der Waals surface area contributed by atoms with Crippen LogP contribution in [0.1, 0.15) is 12.3 Å². The van der Waals surface area contributed by atoms with Crippen LogP contribution in [0.4, 0.5) is 4.39 Å². The van der Waals surface area contributed by atoms with Gasteiger partial charge in [-0.25, -0.2) is 22.9 Å². The van der Waals surface area contributed by atoms with Gasteiger partial charge >= 0.3 is 5.97 Å². The number of nitrogens with zero attached hydrogens (tertiary/aromatic N) is 1. The molecule has 0 radical (unpaired) electrons. The molecule has 0 aliphatic heterocycles. The Kier molecular flexibility index (Phi) is 5.06. The highest BCUT2D eigenvalue weighted by Crippen LogP contribution is 2.33. The lowest BCUT2D eigenvalue weighted by molar-refractivity contribution is -0.137. The maximum atomic E-state index is 13.2. The summed E-state index contributed by atoms with van der Waals surface area (Å²) >= 11 is 0. The van der Waals surface area contributed by atoms with Gasteiger partial charge in [0.2, 0.25) is 10.0 Å². The number of primary sulfonamides is 1. The molecule has 0 atom stereocenters. The van der Waals surface area contributed by atoms with Crippen molar-refractivity contribution in [3.63, 3.8) is 0 Å². The number of rotatable bonds is 6. The smallest absolute Gasteiger partial charge is 0.303 e. The van der Waals surface area contributed by atoms with Crippen LogP contribution < -0.4 is 5.14 Å². The summed E-state index contributed by atoms with van der Waals surface area (Å²) in [5.41, 5.74) is 1.50. The fourth-order valence-electron chi connectivity index (χ4n) is 2.48. The predicted molar refractivity (Wildman–Crippen MR) is 94.7 cm³/mol. The zero-order chi connectivity index (χ0) is 19.6. The van der Waals surface area contributed by atoms with Crippen molar-refractivity contribution in [1.82, 2.24) is 4.98 Å². The molecule has 7 nitrogen and oxygen atoms in total. The second-order valence-electron chi connectivity index (χ2n) is 5.76. The van der Waals surface area contributed by atoms with Gasteiger partial charge in [0.25, 0.3) is 0 Å². The first-order valence-electron chi connectivity index (χ1n) is 7.85. The molecule has 1 aromatic heterocycles. The molecule has 0 saturated heterocycles. The van der Waals surface area contributed by atoms with E-state index < -0.39 is 21.8 Å². The summed E-state index contributed by atoms with van der Waals surface area (Å²) < 4.78 is 41.7. The van der Waals surface area contributed by atoms with Crippen LogP contribution in [-0.4, -0.2) is 24.5 Å². The number of sulfonamides is 1. The van der Waals surface area contributed by atoms with Crippen molar-refractivity contribution >= 4 is 16.0 Å². The average molecular weight is 390 g/mol. The molecule has 9 heteroatoms. The molecular weight excluding hydrogens is 375 g/mol. The molecule has 0 fully saturated rings. The number of nitrogens with two attached hydrogens (primary N) is 1. The lowest BCUT2D eigenvalue weighted by atomic mass is 10.1. The first-order chi connectivity index (χ1) is 12.7. The summed E-state index contributed by atoms with van der Waals surface area (Å²) in [6, 6.07) is 11.3. The van der Waals surface area contributed by atoms with Crippen LogP contribution in [0.5, 0.6) is 0 Å². The molecule has 0 aliphatic carbocycles. The van der Waals surface area contributed by atoms with E-state index in [-0.39, 0.29) is 23.6 Å². The average Bonchev–Trinajstić information content (AvgIpc) is 3.04. The van der Waals surface area contributed by atoms with Crippen LogP contribution in [-0.2, 0) is 21.2 Å². The molecule has 0 saturated carbocycles. The quantitative estimate of drug-likeness (QED) is 0.667. The number of carbonyl (C=O) groups is 1. The van der Waals surface area contributed by atoms with E-state index in [1.165, 1.54) is 48.5 Å². The Morgan fingerprint density at radius 2 is 1.67 bits per heavy atom. The lowest BCUT2D eigenvalue weighted by Gasteiger charge is -2.03. The summed E-state index contributed by atoms with van der Waals surface area (Å²) in [7, 11) is -3.83. The SMILES string of the molecule is NS(=O)(=O)c1ccc(-c2oc(CCC(=O)O)nc2-c2ccc(F)cc2)cc1. The van der Waals surface area contributed by atoms with Gasteiger partial charge in [-0.2, -0.15) is 0 Å². The van der Waals surface area contributed by atoms with E-state index in [4.69, 9.17) is 14.7 Å². The lowest BCUT2D eigenvalue weighted by Crippen LogP contribution is -2.11. The van der Waals surface area contributed by atoms with E-state index in [9.17, 15) is 17.6 Å². The van der Waals surface area contributed by atoms with E-state index in [1.807, 2.05) is 0 Å². The molecule has 1 heterocycles. The van der Waals surface area contributed by atoms with Gasteiger partial charge in [-0.15, -0.1) is 0 Å². The molecule has 0 aliphatic rings. The van der Waals surface area contributed by atoms with Gasteiger partial charge in [-0.1, -0.05) is 0 Å². The maximum absolute atomic E-state index is 13.2. The maximum Gasteiger partial charge on any atom is 0.303 e. The van der Waals surface area contributed by atoms with Gasteiger partial charge in [-0.3, -0.25) is 4.79 Å². The molecule has 0 amide bonds. The van der Waals surface area contributed by atoms with Crippen LogP contribution in [0.25, 0.3) is 22.6 Å². The summed E-state index contributed by atoms with van der Waals surface area (Å²) in [6.07, 6.45) is -0.0774. The number of hydrogen-bond donors (Lipinski definition) is 2. The highest BCUT2D eigenvalue weighted by atomic mass is 32.2. The van der Waals surface area contributed by atoms with Crippen molar-refractivity contribution in [2.24, 2.45) is 5.14 Å². The zero-order valence-electron chi connectivity index (χ0n) is 13.9. The van der Waals surface area contributed by atoms with Crippen molar-refractivity contribution in [3.05, 3.63) is 60.2 Å². The Morgan fingerprint density at radius 1 is 1.07 bits per heavy atom. The highest BCUT2D eigenvalue weighted by Gasteiger charge is 2.18. The minimum Gasteiger partial charge on any atom is -0.481 e. The summed E-state index contributed by atoms with van der Waals surface area (Å²) in [4.78, 5) is 15.1. The Morgan fingerprint density at radius 3 is 2.22 bits per heavy atom. The standard InChI is InChI=1S/C18H15FN2O5S/c19-13-5-1-11(2-6-13)17-18(26-15(21-17)9-10-16(22)23)12-3-7-14(8-4-12)27(20,24)25/h1-8H,9-10H2,(H,22,23)(H2,20,24,25). The van der Waals surface area contributed by atoms with E-state index in [2.05, 4.69) is 4.98 Å².